The van der Waals surface area contributed by atoms with Crippen LogP contribution in [-0.2, 0) is 15.7 Å². The highest BCUT2D eigenvalue weighted by molar-refractivity contribution is 7.80. The van der Waals surface area contributed by atoms with Crippen molar-refractivity contribution in [1.82, 2.24) is 10.3 Å². The summed E-state index contributed by atoms with van der Waals surface area (Å²) in [5.74, 6) is -1.09. The lowest BCUT2D eigenvalue weighted by Crippen LogP contribution is -2.34. The summed E-state index contributed by atoms with van der Waals surface area (Å²) in [6, 6.07) is 6.27. The Morgan fingerprint density at radius 1 is 1.12 bits per heavy atom. The van der Waals surface area contributed by atoms with Gasteiger partial charge in [0.05, 0.1) is 17.7 Å². The molecule has 1 heterocycles. The summed E-state index contributed by atoms with van der Waals surface area (Å²) in [7, 11) is 1.37. The lowest BCUT2D eigenvalue weighted by atomic mass is 10.1. The minimum Gasteiger partial charge on any atom is -0.493 e. The highest BCUT2D eigenvalue weighted by atomic mass is 32.1. The van der Waals surface area contributed by atoms with Crippen LogP contribution in [0.1, 0.15) is 42.1 Å². The van der Waals surface area contributed by atoms with E-state index in [1.54, 1.807) is 0 Å². The molecule has 0 saturated heterocycles. The summed E-state index contributed by atoms with van der Waals surface area (Å²) in [5.41, 5.74) is -0.785. The minimum absolute atomic E-state index is 0.0351. The number of ether oxygens (including phenoxy) is 2. The van der Waals surface area contributed by atoms with E-state index in [9.17, 15) is 22.8 Å². The number of carbonyl (C=O) groups is 2. The van der Waals surface area contributed by atoms with E-state index in [2.05, 4.69) is 20.9 Å². The molecule has 0 saturated carbocycles. The quantitative estimate of drug-likeness (QED) is 0.330. The summed E-state index contributed by atoms with van der Waals surface area (Å²) in [6.45, 7) is 2.02. The van der Waals surface area contributed by atoms with Crippen LogP contribution >= 0.6 is 12.2 Å². The summed E-state index contributed by atoms with van der Waals surface area (Å²) in [5, 5.41) is 7.21. The van der Waals surface area contributed by atoms with Crippen molar-refractivity contribution in [3.8, 4) is 5.75 Å². The number of anilines is 2. The smallest absolute Gasteiger partial charge is 0.420 e. The van der Waals surface area contributed by atoms with Crippen LogP contribution in [0.2, 0.25) is 0 Å². The van der Waals surface area contributed by atoms with E-state index in [0.29, 0.717) is 6.42 Å². The highest BCUT2D eigenvalue weighted by Gasteiger charge is 2.34. The molecule has 34 heavy (non-hydrogen) atoms. The van der Waals surface area contributed by atoms with Gasteiger partial charge in [-0.1, -0.05) is 19.8 Å². The van der Waals surface area contributed by atoms with Gasteiger partial charge in [-0.15, -0.1) is 0 Å². The number of nitrogens with zero attached hydrogens (tertiary/aromatic N) is 1. The normalized spacial score (nSPS) is 11.0. The van der Waals surface area contributed by atoms with Crippen LogP contribution in [0.25, 0.3) is 0 Å². The fourth-order valence-electron chi connectivity index (χ4n) is 2.74. The number of benzene rings is 1. The van der Waals surface area contributed by atoms with Crippen LogP contribution in [0.4, 0.5) is 24.7 Å². The molecule has 2 amide bonds. The molecule has 2 rings (SSSR count). The number of pyridine rings is 1. The Morgan fingerprint density at radius 2 is 1.88 bits per heavy atom. The maximum atomic E-state index is 13.5. The summed E-state index contributed by atoms with van der Waals surface area (Å²) in [4.78, 5) is 27.8. The third-order valence-electron chi connectivity index (χ3n) is 4.34. The molecule has 1 aromatic heterocycles. The van der Waals surface area contributed by atoms with Crippen LogP contribution in [0.15, 0.2) is 36.5 Å². The molecule has 3 N–H and O–H groups in total. The zero-order valence-corrected chi connectivity index (χ0v) is 19.4. The van der Waals surface area contributed by atoms with E-state index in [-0.39, 0.29) is 41.1 Å². The van der Waals surface area contributed by atoms with Crippen LogP contribution in [0, 0.1) is 0 Å². The molecule has 0 bridgehead atoms. The van der Waals surface area contributed by atoms with Crippen molar-refractivity contribution in [3.05, 3.63) is 47.7 Å². The first-order chi connectivity index (χ1) is 16.1. The van der Waals surface area contributed by atoms with Crippen LogP contribution in [0.5, 0.6) is 5.75 Å². The molecule has 0 aliphatic rings. The Morgan fingerprint density at radius 3 is 2.50 bits per heavy atom. The van der Waals surface area contributed by atoms with Crippen LogP contribution < -0.4 is 20.7 Å². The van der Waals surface area contributed by atoms with E-state index in [1.807, 2.05) is 6.92 Å². The first-order valence-electron chi connectivity index (χ1n) is 10.3. The van der Waals surface area contributed by atoms with E-state index in [4.69, 9.17) is 21.7 Å². The lowest BCUT2D eigenvalue weighted by Gasteiger charge is -2.16. The molecule has 0 atom stereocenters. The Balaban J connectivity index is 2.00. The topological polar surface area (TPSA) is 102 Å². The monoisotopic (exact) mass is 498 g/mol. The molecular weight excluding hydrogens is 473 g/mol. The van der Waals surface area contributed by atoms with Gasteiger partial charge in [0.15, 0.2) is 5.11 Å². The van der Waals surface area contributed by atoms with Crippen molar-refractivity contribution in [2.75, 3.05) is 31.0 Å². The van der Waals surface area contributed by atoms with Crippen molar-refractivity contribution < 1.29 is 32.2 Å². The number of rotatable bonds is 10. The number of halogens is 3. The summed E-state index contributed by atoms with van der Waals surface area (Å²) >= 11 is 5.05. The number of carbonyl (C=O) groups excluding carboxylic acids is 2. The van der Waals surface area contributed by atoms with E-state index >= 15 is 0 Å². The van der Waals surface area contributed by atoms with Crippen molar-refractivity contribution in [3.63, 3.8) is 0 Å². The van der Waals surface area contributed by atoms with Gasteiger partial charge in [-0.25, -0.2) is 4.98 Å². The number of amides is 2. The van der Waals surface area contributed by atoms with Crippen molar-refractivity contribution in [2.45, 2.75) is 32.4 Å². The Hall–Kier alpha value is -3.25. The second-order valence-corrected chi connectivity index (χ2v) is 7.49. The van der Waals surface area contributed by atoms with Gasteiger partial charge in [-0.05, 0) is 49.0 Å². The van der Waals surface area contributed by atoms with Gasteiger partial charge >= 0.3 is 6.18 Å². The summed E-state index contributed by atoms with van der Waals surface area (Å²) in [6.07, 6.45) is -0.983. The van der Waals surface area contributed by atoms with Gasteiger partial charge < -0.3 is 20.1 Å². The largest absolute Gasteiger partial charge is 0.493 e. The van der Waals surface area contributed by atoms with Gasteiger partial charge in [-0.3, -0.25) is 14.9 Å². The molecule has 0 radical (unpaired) electrons. The number of unbranched alkanes of at least 4 members (excludes halogenated alkanes) is 2. The van der Waals surface area contributed by atoms with Crippen molar-refractivity contribution >= 4 is 40.6 Å². The Kier molecular flexibility index (Phi) is 10.2. The first kappa shape index (κ1) is 27.0. The second kappa shape index (κ2) is 12.8. The number of nitrogens with one attached hydrogen (secondary N) is 3. The molecule has 0 aliphatic heterocycles. The molecule has 0 spiro atoms. The predicted molar refractivity (Wildman–Crippen MR) is 125 cm³/mol. The first-order valence-corrected chi connectivity index (χ1v) is 10.8. The number of alkyl halides is 3. The van der Waals surface area contributed by atoms with Crippen LogP contribution in [-0.4, -0.2) is 42.2 Å². The molecule has 0 aliphatic carbocycles. The highest BCUT2D eigenvalue weighted by Crippen LogP contribution is 2.38. The number of thiocarbonyl (C=S) groups is 1. The van der Waals surface area contributed by atoms with Crippen molar-refractivity contribution in [2.24, 2.45) is 0 Å². The maximum Gasteiger partial charge on any atom is 0.420 e. The number of methoxy groups -OCH3 is 1. The van der Waals surface area contributed by atoms with Gasteiger partial charge in [0.1, 0.15) is 18.2 Å². The molecule has 1 aromatic carbocycles. The molecular formula is C22H25F3N4O4S. The standard InChI is InChI=1S/C22H25F3N4O4S/c1-3-4-5-10-33-17-8-7-15(11-16(17)22(23,24)25)27-21(34)29-20(31)14-6-9-18(26-12-14)28-19(30)13-32-2/h6-9,11-12H,3-5,10,13H2,1-2H3,(H,26,28,30)(H2,27,29,31,34). The minimum atomic E-state index is -4.63. The molecule has 8 nitrogen and oxygen atoms in total. The van der Waals surface area contributed by atoms with Gasteiger partial charge in [0, 0.05) is 19.0 Å². The van der Waals surface area contributed by atoms with E-state index in [1.165, 1.54) is 37.6 Å². The predicted octanol–water partition coefficient (Wildman–Crippen LogP) is 4.38. The van der Waals surface area contributed by atoms with E-state index in [0.717, 1.165) is 18.9 Å². The zero-order chi connectivity index (χ0) is 25.1. The number of hydrogen-bond donors (Lipinski definition) is 3. The zero-order valence-electron chi connectivity index (χ0n) is 18.6. The maximum absolute atomic E-state index is 13.5. The van der Waals surface area contributed by atoms with E-state index < -0.39 is 23.6 Å². The van der Waals surface area contributed by atoms with Gasteiger partial charge in [0.2, 0.25) is 0 Å². The summed E-state index contributed by atoms with van der Waals surface area (Å²) < 4.78 is 50.4. The van der Waals surface area contributed by atoms with Gasteiger partial charge in [-0.2, -0.15) is 13.2 Å². The third kappa shape index (κ3) is 8.60. The second-order valence-electron chi connectivity index (χ2n) is 7.09. The molecule has 12 heteroatoms. The molecule has 0 unspecified atom stereocenters. The number of hydrogen-bond acceptors (Lipinski definition) is 6. The SMILES string of the molecule is CCCCCOc1ccc(NC(=S)NC(=O)c2ccc(NC(=O)COC)nc2)cc1C(F)(F)F. The third-order valence-corrected chi connectivity index (χ3v) is 4.55. The lowest BCUT2D eigenvalue weighted by molar-refractivity contribution is -0.138. The number of aromatic nitrogens is 1. The average Bonchev–Trinajstić information content (AvgIpc) is 2.77. The Bertz CT molecular complexity index is 1000. The molecule has 184 valence electrons. The van der Waals surface area contributed by atoms with Crippen LogP contribution in [0.3, 0.4) is 0 Å². The fraction of sp³-hybridized carbons (Fsp3) is 0.364. The Labute approximate surface area is 200 Å². The average molecular weight is 499 g/mol. The fourth-order valence-corrected chi connectivity index (χ4v) is 2.95. The molecule has 2 aromatic rings. The van der Waals surface area contributed by atoms with Crippen molar-refractivity contribution in [1.29, 1.82) is 0 Å². The molecule has 0 fully saturated rings. The van der Waals surface area contributed by atoms with Gasteiger partial charge in [0.25, 0.3) is 11.8 Å².